The van der Waals surface area contributed by atoms with E-state index >= 15 is 0 Å². The molecule has 0 aliphatic rings. The molecule has 0 bridgehead atoms. The van der Waals surface area contributed by atoms with Gasteiger partial charge in [0, 0.05) is 24.6 Å². The number of amides is 1. The first kappa shape index (κ1) is 20.7. The second-order valence-corrected chi connectivity index (χ2v) is 7.16. The quantitative estimate of drug-likeness (QED) is 0.606. The third-order valence-electron chi connectivity index (χ3n) is 4.41. The average molecular weight is 369 g/mol. The Morgan fingerprint density at radius 2 is 1.85 bits per heavy atom. The molecule has 27 heavy (non-hydrogen) atoms. The molecule has 0 aliphatic heterocycles. The summed E-state index contributed by atoms with van der Waals surface area (Å²) in [6, 6.07) is 7.67. The van der Waals surface area contributed by atoms with Gasteiger partial charge in [0.2, 0.25) is 0 Å². The number of benzene rings is 1. The number of nitrogens with one attached hydrogen (secondary N) is 1. The molecule has 1 heterocycles. The van der Waals surface area contributed by atoms with E-state index in [9.17, 15) is 19.6 Å². The first-order valence-corrected chi connectivity index (χ1v) is 8.72. The number of Topliss-reactive ketones (excluding diaryl/α,β-unsaturated/α-hetero) is 1. The summed E-state index contributed by atoms with van der Waals surface area (Å²) in [5.74, 6) is -1.49. The summed E-state index contributed by atoms with van der Waals surface area (Å²) in [5.41, 5.74) is 0.933. The maximum Gasteiger partial charge on any atom is 0.455 e. The number of hydrogen-bond acceptors (Lipinski definition) is 6. The molecule has 7 nitrogen and oxygen atoms in total. The first-order chi connectivity index (χ1) is 12.7. The van der Waals surface area contributed by atoms with Crippen LogP contribution in [-0.4, -0.2) is 44.4 Å². The van der Waals surface area contributed by atoms with Crippen LogP contribution in [0.15, 0.2) is 42.9 Å². The van der Waals surface area contributed by atoms with Gasteiger partial charge in [0.15, 0.2) is 5.78 Å². The van der Waals surface area contributed by atoms with Crippen molar-refractivity contribution in [1.29, 1.82) is 0 Å². The average Bonchev–Trinajstić information content (AvgIpc) is 2.63. The monoisotopic (exact) mass is 369 g/mol. The molecule has 3 N–H and O–H groups in total. The number of nitrogens with zero attached hydrogens (tertiary/aromatic N) is 2. The van der Waals surface area contributed by atoms with Crippen LogP contribution in [0, 0.1) is 6.92 Å². The molecule has 2 rings (SSSR count). The zero-order chi connectivity index (χ0) is 20.0. The molecule has 1 atom stereocenters. The number of aryl methyl sites for hydroxylation is 1. The van der Waals surface area contributed by atoms with Crippen molar-refractivity contribution >= 4 is 18.8 Å². The van der Waals surface area contributed by atoms with Gasteiger partial charge in [-0.15, -0.1) is 0 Å². The van der Waals surface area contributed by atoms with Crippen LogP contribution in [0.5, 0.6) is 0 Å². The maximum atomic E-state index is 12.7. The van der Waals surface area contributed by atoms with Gasteiger partial charge in [0.05, 0.1) is 11.7 Å². The van der Waals surface area contributed by atoms with Crippen molar-refractivity contribution in [3.8, 4) is 0 Å². The SMILES string of the molecule is Cc1ccc(C[C@H](CC(=O)C(C)(C)NC(=O)c2cnccn2)B(O)O)cc1. The molecule has 142 valence electrons. The highest BCUT2D eigenvalue weighted by Crippen LogP contribution is 2.23. The Morgan fingerprint density at radius 1 is 1.19 bits per heavy atom. The van der Waals surface area contributed by atoms with E-state index < -0.39 is 24.4 Å². The van der Waals surface area contributed by atoms with Gasteiger partial charge in [-0.3, -0.25) is 14.6 Å². The zero-order valence-electron chi connectivity index (χ0n) is 15.7. The number of carbonyl (C=O) groups excluding carboxylic acids is 2. The van der Waals surface area contributed by atoms with E-state index in [1.165, 1.54) is 18.6 Å². The molecular weight excluding hydrogens is 345 g/mol. The molecular formula is C19H24BN3O4. The number of ketones is 1. The predicted molar refractivity (Wildman–Crippen MR) is 102 cm³/mol. The summed E-state index contributed by atoms with van der Waals surface area (Å²) < 4.78 is 0. The van der Waals surface area contributed by atoms with Crippen molar-refractivity contribution in [2.24, 2.45) is 0 Å². The van der Waals surface area contributed by atoms with Gasteiger partial charge in [-0.1, -0.05) is 29.8 Å². The molecule has 0 saturated heterocycles. The minimum Gasteiger partial charge on any atom is -0.427 e. The Morgan fingerprint density at radius 3 is 2.41 bits per heavy atom. The third-order valence-corrected chi connectivity index (χ3v) is 4.41. The van der Waals surface area contributed by atoms with Gasteiger partial charge in [-0.25, -0.2) is 4.98 Å². The molecule has 1 amide bonds. The summed E-state index contributed by atoms with van der Waals surface area (Å²) in [4.78, 5) is 32.7. The van der Waals surface area contributed by atoms with E-state index in [0.29, 0.717) is 6.42 Å². The van der Waals surface area contributed by atoms with Crippen LogP contribution < -0.4 is 5.32 Å². The molecule has 0 fully saturated rings. The fourth-order valence-corrected chi connectivity index (χ4v) is 2.64. The first-order valence-electron chi connectivity index (χ1n) is 8.72. The van der Waals surface area contributed by atoms with Crippen molar-refractivity contribution in [3.05, 3.63) is 59.7 Å². The van der Waals surface area contributed by atoms with Crippen LogP contribution in [-0.2, 0) is 11.2 Å². The van der Waals surface area contributed by atoms with Crippen LogP contribution in [0.4, 0.5) is 0 Å². The minimum absolute atomic E-state index is 0.0840. The highest BCUT2D eigenvalue weighted by atomic mass is 16.4. The molecule has 1 aromatic heterocycles. The molecule has 0 aliphatic carbocycles. The summed E-state index contributed by atoms with van der Waals surface area (Å²) >= 11 is 0. The van der Waals surface area contributed by atoms with Crippen molar-refractivity contribution in [2.75, 3.05) is 0 Å². The van der Waals surface area contributed by atoms with Gasteiger partial charge in [0.1, 0.15) is 5.69 Å². The standard InChI is InChI=1S/C19H24BN3O4/c1-13-4-6-14(7-5-13)10-15(20(26)27)11-17(24)19(2,3)23-18(25)16-12-21-8-9-22-16/h4-9,12,15,26-27H,10-11H2,1-3H3,(H,23,25)/t15-/m1/s1. The third kappa shape index (κ3) is 5.97. The number of hydrogen-bond donors (Lipinski definition) is 3. The van der Waals surface area contributed by atoms with E-state index in [-0.39, 0.29) is 17.9 Å². The van der Waals surface area contributed by atoms with Gasteiger partial charge < -0.3 is 15.4 Å². The molecule has 0 radical (unpaired) electrons. The minimum atomic E-state index is -1.64. The van der Waals surface area contributed by atoms with E-state index in [1.807, 2.05) is 31.2 Å². The molecule has 0 unspecified atom stereocenters. The topological polar surface area (TPSA) is 112 Å². The van der Waals surface area contributed by atoms with Crippen molar-refractivity contribution in [3.63, 3.8) is 0 Å². The highest BCUT2D eigenvalue weighted by Gasteiger charge is 2.35. The number of carbonyl (C=O) groups is 2. The Balaban J connectivity index is 2.04. The fraction of sp³-hybridized carbons (Fsp3) is 0.368. The normalized spacial score (nSPS) is 12.3. The lowest BCUT2D eigenvalue weighted by Crippen LogP contribution is -2.50. The smallest absolute Gasteiger partial charge is 0.427 e. The lowest BCUT2D eigenvalue weighted by molar-refractivity contribution is -0.124. The Hall–Kier alpha value is -2.58. The Kier molecular flexibility index (Phi) is 6.82. The van der Waals surface area contributed by atoms with Gasteiger partial charge >= 0.3 is 7.12 Å². The second-order valence-electron chi connectivity index (χ2n) is 7.16. The lowest BCUT2D eigenvalue weighted by Gasteiger charge is -2.27. The van der Waals surface area contributed by atoms with Crippen LogP contribution in [0.3, 0.4) is 0 Å². The fourth-order valence-electron chi connectivity index (χ4n) is 2.64. The molecule has 8 heteroatoms. The second kappa shape index (κ2) is 8.88. The summed E-state index contributed by atoms with van der Waals surface area (Å²) in [6.07, 6.45) is 4.42. The lowest BCUT2D eigenvalue weighted by atomic mass is 9.66. The zero-order valence-corrected chi connectivity index (χ0v) is 15.7. The van der Waals surface area contributed by atoms with E-state index in [1.54, 1.807) is 13.8 Å². The summed E-state index contributed by atoms with van der Waals surface area (Å²) in [6.45, 7) is 5.13. The van der Waals surface area contributed by atoms with E-state index in [2.05, 4.69) is 15.3 Å². The van der Waals surface area contributed by atoms with Crippen molar-refractivity contribution in [2.45, 2.75) is 45.0 Å². The largest absolute Gasteiger partial charge is 0.455 e. The van der Waals surface area contributed by atoms with Gasteiger partial charge in [-0.2, -0.15) is 0 Å². The molecule has 0 spiro atoms. The van der Waals surface area contributed by atoms with Crippen LogP contribution in [0.1, 0.15) is 41.9 Å². The van der Waals surface area contributed by atoms with Crippen LogP contribution in [0.2, 0.25) is 5.82 Å². The van der Waals surface area contributed by atoms with E-state index in [0.717, 1.165) is 11.1 Å². The van der Waals surface area contributed by atoms with Gasteiger partial charge in [-0.05, 0) is 32.8 Å². The maximum absolute atomic E-state index is 12.7. The number of rotatable bonds is 8. The highest BCUT2D eigenvalue weighted by molar-refractivity contribution is 6.43. The van der Waals surface area contributed by atoms with E-state index in [4.69, 9.17) is 0 Å². The number of aromatic nitrogens is 2. The molecule has 2 aromatic rings. The van der Waals surface area contributed by atoms with Gasteiger partial charge in [0.25, 0.3) is 5.91 Å². The van der Waals surface area contributed by atoms with Crippen molar-refractivity contribution in [1.82, 2.24) is 15.3 Å². The molecule has 1 aromatic carbocycles. The van der Waals surface area contributed by atoms with Crippen LogP contribution in [0.25, 0.3) is 0 Å². The Labute approximate surface area is 159 Å². The molecule has 0 saturated carbocycles. The summed E-state index contributed by atoms with van der Waals surface area (Å²) in [5, 5.41) is 22.0. The predicted octanol–water partition coefficient (Wildman–Crippen LogP) is 1.34. The van der Waals surface area contributed by atoms with Crippen LogP contribution >= 0.6 is 0 Å². The van der Waals surface area contributed by atoms with Crippen molar-refractivity contribution < 1.29 is 19.6 Å². The Bertz CT molecular complexity index is 779. The summed E-state index contributed by atoms with van der Waals surface area (Å²) in [7, 11) is -1.64.